The Morgan fingerprint density at radius 1 is 1.17 bits per heavy atom. The molecule has 158 valence electrons. The molecule has 0 unspecified atom stereocenters. The highest BCUT2D eigenvalue weighted by Gasteiger charge is 2.24. The largest absolute Gasteiger partial charge is 0.497 e. The van der Waals surface area contributed by atoms with Crippen molar-refractivity contribution >= 4 is 23.9 Å². The third kappa shape index (κ3) is 7.60. The van der Waals surface area contributed by atoms with Crippen LogP contribution >= 0.6 is 0 Å². The van der Waals surface area contributed by atoms with E-state index in [4.69, 9.17) is 9.47 Å². The molecule has 1 aliphatic rings. The fourth-order valence-electron chi connectivity index (χ4n) is 3.25. The topological polar surface area (TPSA) is 93.7 Å². The molecule has 0 heterocycles. The summed E-state index contributed by atoms with van der Waals surface area (Å²) in [6.07, 6.45) is 7.30. The fraction of sp³-hybridized carbons (Fsp3) is 0.500. The van der Waals surface area contributed by atoms with Gasteiger partial charge in [0.25, 0.3) is 5.91 Å². The van der Waals surface area contributed by atoms with Crippen LogP contribution in [-0.2, 0) is 19.1 Å². The van der Waals surface area contributed by atoms with E-state index in [0.717, 1.165) is 30.6 Å². The van der Waals surface area contributed by atoms with Crippen molar-refractivity contribution in [2.45, 2.75) is 51.6 Å². The molecule has 7 nitrogen and oxygen atoms in total. The van der Waals surface area contributed by atoms with Crippen molar-refractivity contribution in [2.75, 3.05) is 13.7 Å². The van der Waals surface area contributed by atoms with Crippen LogP contribution < -0.4 is 15.4 Å². The molecular formula is C22H30N2O5. The standard InChI is InChI=1S/C22H30N2O5/c1-15-6-4-5-7-19(15)24-21(26)14-29-22(27)16(2)23-20(25)13-10-17-8-11-18(28-3)12-9-17/h8-13,15-16,19H,4-7,14H2,1-3H3,(H,23,25)(H,24,26)/b13-10+/t15-,16+,19-/m1/s1. The van der Waals surface area contributed by atoms with Gasteiger partial charge >= 0.3 is 5.97 Å². The average Bonchev–Trinajstić information content (AvgIpc) is 2.72. The van der Waals surface area contributed by atoms with Gasteiger partial charge < -0.3 is 20.1 Å². The van der Waals surface area contributed by atoms with E-state index in [1.807, 2.05) is 12.1 Å². The van der Waals surface area contributed by atoms with E-state index in [0.29, 0.717) is 5.92 Å². The second kappa shape index (κ2) is 11.2. The maximum absolute atomic E-state index is 12.0. The SMILES string of the molecule is COc1ccc(/C=C/C(=O)N[C@@H](C)C(=O)OCC(=O)N[C@@H]2CCCC[C@H]2C)cc1. The minimum atomic E-state index is -0.857. The van der Waals surface area contributed by atoms with Crippen molar-refractivity contribution in [2.24, 2.45) is 5.92 Å². The highest BCUT2D eigenvalue weighted by molar-refractivity contribution is 5.94. The lowest BCUT2D eigenvalue weighted by molar-refractivity contribution is -0.151. The van der Waals surface area contributed by atoms with Crippen molar-refractivity contribution in [1.82, 2.24) is 10.6 Å². The van der Waals surface area contributed by atoms with Crippen molar-refractivity contribution in [3.05, 3.63) is 35.9 Å². The summed E-state index contributed by atoms with van der Waals surface area (Å²) in [4.78, 5) is 36.0. The number of carbonyl (C=O) groups excluding carboxylic acids is 3. The third-order valence-electron chi connectivity index (χ3n) is 5.06. The first-order chi connectivity index (χ1) is 13.9. The highest BCUT2D eigenvalue weighted by Crippen LogP contribution is 2.23. The van der Waals surface area contributed by atoms with E-state index >= 15 is 0 Å². The number of esters is 1. The third-order valence-corrected chi connectivity index (χ3v) is 5.06. The molecule has 2 amide bonds. The number of hydrogen-bond donors (Lipinski definition) is 2. The van der Waals surface area contributed by atoms with E-state index in [2.05, 4.69) is 17.6 Å². The van der Waals surface area contributed by atoms with Gasteiger partial charge in [-0.25, -0.2) is 4.79 Å². The lowest BCUT2D eigenvalue weighted by atomic mass is 9.86. The Balaban J connectivity index is 1.72. The fourth-order valence-corrected chi connectivity index (χ4v) is 3.25. The van der Waals surface area contributed by atoms with E-state index in [9.17, 15) is 14.4 Å². The minimum Gasteiger partial charge on any atom is -0.497 e. The van der Waals surface area contributed by atoms with E-state index in [1.165, 1.54) is 19.4 Å². The molecule has 1 aromatic carbocycles. The number of rotatable bonds is 8. The predicted octanol–water partition coefficient (Wildman–Crippen LogP) is 2.45. The van der Waals surface area contributed by atoms with E-state index in [1.54, 1.807) is 25.3 Å². The Morgan fingerprint density at radius 3 is 2.52 bits per heavy atom. The van der Waals surface area contributed by atoms with Gasteiger partial charge in [-0.3, -0.25) is 9.59 Å². The molecule has 1 saturated carbocycles. The van der Waals surface area contributed by atoms with Crippen LogP contribution in [-0.4, -0.2) is 43.6 Å². The van der Waals surface area contributed by atoms with Crippen LogP contribution in [0.3, 0.4) is 0 Å². The van der Waals surface area contributed by atoms with Crippen molar-refractivity contribution in [1.29, 1.82) is 0 Å². The van der Waals surface area contributed by atoms with E-state index in [-0.39, 0.29) is 18.6 Å². The van der Waals surface area contributed by atoms with E-state index < -0.39 is 17.9 Å². The molecule has 7 heteroatoms. The maximum Gasteiger partial charge on any atom is 0.328 e. The van der Waals surface area contributed by atoms with Crippen molar-refractivity contribution < 1.29 is 23.9 Å². The summed E-state index contributed by atoms with van der Waals surface area (Å²) in [7, 11) is 1.58. The molecular weight excluding hydrogens is 372 g/mol. The molecule has 2 rings (SSSR count). The van der Waals surface area contributed by atoms with Crippen LogP contribution in [0, 0.1) is 5.92 Å². The normalized spacial score (nSPS) is 20.0. The zero-order valence-electron chi connectivity index (χ0n) is 17.3. The lowest BCUT2D eigenvalue weighted by Gasteiger charge is -2.29. The summed E-state index contributed by atoms with van der Waals surface area (Å²) in [6.45, 7) is 3.29. The van der Waals surface area contributed by atoms with Gasteiger partial charge in [0.05, 0.1) is 7.11 Å². The van der Waals surface area contributed by atoms with Gasteiger partial charge in [0, 0.05) is 12.1 Å². The number of hydrogen-bond acceptors (Lipinski definition) is 5. The smallest absolute Gasteiger partial charge is 0.328 e. The van der Waals surface area contributed by atoms with Gasteiger partial charge in [-0.1, -0.05) is 31.9 Å². The average molecular weight is 402 g/mol. The number of carbonyl (C=O) groups is 3. The van der Waals surface area contributed by atoms with Gasteiger partial charge in [0.2, 0.25) is 5.91 Å². The Morgan fingerprint density at radius 2 is 1.86 bits per heavy atom. The first-order valence-electron chi connectivity index (χ1n) is 9.97. The van der Waals surface area contributed by atoms with Crippen LogP contribution in [0.5, 0.6) is 5.75 Å². The van der Waals surface area contributed by atoms with Crippen LogP contribution in [0.4, 0.5) is 0 Å². The molecule has 0 aromatic heterocycles. The lowest BCUT2D eigenvalue weighted by Crippen LogP contribution is -2.44. The number of methoxy groups -OCH3 is 1. The van der Waals surface area contributed by atoms with Crippen molar-refractivity contribution in [3.8, 4) is 5.75 Å². The van der Waals surface area contributed by atoms with Gasteiger partial charge in [-0.05, 0) is 49.5 Å². The highest BCUT2D eigenvalue weighted by atomic mass is 16.5. The second-order valence-corrected chi connectivity index (χ2v) is 7.38. The maximum atomic E-state index is 12.0. The Hall–Kier alpha value is -2.83. The second-order valence-electron chi connectivity index (χ2n) is 7.38. The first kappa shape index (κ1) is 22.5. The number of benzene rings is 1. The van der Waals surface area contributed by atoms with Crippen LogP contribution in [0.25, 0.3) is 6.08 Å². The molecule has 0 aliphatic heterocycles. The summed E-state index contributed by atoms with van der Waals surface area (Å²) in [5.74, 6) is -0.229. The zero-order chi connectivity index (χ0) is 21.2. The molecule has 1 aromatic rings. The summed E-state index contributed by atoms with van der Waals surface area (Å²) < 4.78 is 10.1. The zero-order valence-corrected chi connectivity index (χ0v) is 17.3. The Labute approximate surface area is 171 Å². The Kier molecular flexibility index (Phi) is 8.70. The van der Waals surface area contributed by atoms with Crippen molar-refractivity contribution in [3.63, 3.8) is 0 Å². The van der Waals surface area contributed by atoms with Crippen LogP contribution in [0.2, 0.25) is 0 Å². The summed E-state index contributed by atoms with van der Waals surface area (Å²) in [5.41, 5.74) is 0.824. The number of amides is 2. The van der Waals surface area contributed by atoms with Crippen LogP contribution in [0.15, 0.2) is 30.3 Å². The van der Waals surface area contributed by atoms with Gasteiger partial charge in [0.15, 0.2) is 6.61 Å². The van der Waals surface area contributed by atoms with Gasteiger partial charge in [0.1, 0.15) is 11.8 Å². The summed E-state index contributed by atoms with van der Waals surface area (Å²) >= 11 is 0. The molecule has 0 saturated heterocycles. The van der Waals surface area contributed by atoms with Gasteiger partial charge in [-0.2, -0.15) is 0 Å². The molecule has 1 aliphatic carbocycles. The number of nitrogens with one attached hydrogen (secondary N) is 2. The summed E-state index contributed by atoms with van der Waals surface area (Å²) in [6, 6.07) is 6.48. The molecule has 2 N–H and O–H groups in total. The minimum absolute atomic E-state index is 0.134. The van der Waals surface area contributed by atoms with Crippen LogP contribution in [0.1, 0.15) is 45.1 Å². The molecule has 3 atom stereocenters. The monoisotopic (exact) mass is 402 g/mol. The molecule has 0 bridgehead atoms. The summed E-state index contributed by atoms with van der Waals surface area (Å²) in [5, 5.41) is 5.45. The molecule has 29 heavy (non-hydrogen) atoms. The Bertz CT molecular complexity index is 729. The molecule has 0 spiro atoms. The molecule has 1 fully saturated rings. The van der Waals surface area contributed by atoms with Gasteiger partial charge in [-0.15, -0.1) is 0 Å². The quantitative estimate of drug-likeness (QED) is 0.515. The predicted molar refractivity (Wildman–Crippen MR) is 110 cm³/mol. The molecule has 0 radical (unpaired) electrons. The number of ether oxygens (including phenoxy) is 2. The first-order valence-corrected chi connectivity index (χ1v) is 9.97.